The maximum atomic E-state index is 13.3. The molecule has 17 heteroatoms. The zero-order chi connectivity index (χ0) is 29.0. The SMILES string of the molecule is CC(NC(=O)c1cc(OCC(F)(F)F)cc(C(F)(F)F)c1)c1nccnc1-c1ncc(OCC(F)(F)F)cn1. The van der Waals surface area contributed by atoms with Gasteiger partial charge >= 0.3 is 18.5 Å². The summed E-state index contributed by atoms with van der Waals surface area (Å²) in [5, 5.41) is 2.36. The lowest BCUT2D eigenvalue weighted by atomic mass is 10.1. The number of aromatic nitrogens is 4. The monoisotopic (exact) mass is 569 g/mol. The predicted octanol–water partition coefficient (Wildman–Crippen LogP) is 5.33. The van der Waals surface area contributed by atoms with Crippen LogP contribution >= 0.6 is 0 Å². The highest BCUT2D eigenvalue weighted by Crippen LogP contribution is 2.33. The molecule has 8 nitrogen and oxygen atoms in total. The summed E-state index contributed by atoms with van der Waals surface area (Å²) in [4.78, 5) is 28.6. The number of nitrogens with one attached hydrogen (secondary N) is 1. The number of ether oxygens (including phenoxy) is 2. The average Bonchev–Trinajstić information content (AvgIpc) is 2.85. The van der Waals surface area contributed by atoms with E-state index in [1.807, 2.05) is 0 Å². The fourth-order valence-corrected chi connectivity index (χ4v) is 3.01. The van der Waals surface area contributed by atoms with Crippen molar-refractivity contribution in [3.05, 3.63) is 59.8 Å². The number of hydrogen-bond donors (Lipinski definition) is 1. The number of halogens is 9. The van der Waals surface area contributed by atoms with Crippen LogP contribution < -0.4 is 14.8 Å². The van der Waals surface area contributed by atoms with Crippen molar-refractivity contribution in [1.29, 1.82) is 0 Å². The molecule has 0 aliphatic rings. The maximum Gasteiger partial charge on any atom is 0.422 e. The molecule has 1 N–H and O–H groups in total. The predicted molar refractivity (Wildman–Crippen MR) is 113 cm³/mol. The first-order valence-corrected chi connectivity index (χ1v) is 10.6. The van der Waals surface area contributed by atoms with Gasteiger partial charge in [-0.1, -0.05) is 0 Å². The summed E-state index contributed by atoms with van der Waals surface area (Å²) in [6.45, 7) is -2.08. The molecule has 1 atom stereocenters. The normalized spacial score (nSPS) is 13.1. The Morgan fingerprint density at radius 3 is 1.95 bits per heavy atom. The summed E-state index contributed by atoms with van der Waals surface area (Å²) in [7, 11) is 0. The van der Waals surface area contributed by atoms with Crippen molar-refractivity contribution in [2.45, 2.75) is 31.5 Å². The molecule has 1 aromatic carbocycles. The number of carbonyl (C=O) groups is 1. The third kappa shape index (κ3) is 8.68. The molecule has 0 radical (unpaired) electrons. The van der Waals surface area contributed by atoms with E-state index in [9.17, 15) is 44.3 Å². The van der Waals surface area contributed by atoms with E-state index in [4.69, 9.17) is 0 Å². The van der Waals surface area contributed by atoms with Crippen molar-refractivity contribution in [2.75, 3.05) is 13.2 Å². The first kappa shape index (κ1) is 29.4. The summed E-state index contributed by atoms with van der Waals surface area (Å²) in [5.41, 5.74) is -2.07. The lowest BCUT2D eigenvalue weighted by Gasteiger charge is -2.17. The van der Waals surface area contributed by atoms with Gasteiger partial charge in [-0.25, -0.2) is 15.0 Å². The summed E-state index contributed by atoms with van der Waals surface area (Å²) in [5.74, 6) is -2.36. The topological polar surface area (TPSA) is 99.1 Å². The average molecular weight is 569 g/mol. The van der Waals surface area contributed by atoms with Crippen LogP contribution in [0.25, 0.3) is 11.5 Å². The molecule has 3 aromatic rings. The zero-order valence-corrected chi connectivity index (χ0v) is 19.4. The highest BCUT2D eigenvalue weighted by Gasteiger charge is 2.34. The van der Waals surface area contributed by atoms with E-state index in [-0.39, 0.29) is 23.0 Å². The Kier molecular flexibility index (Phi) is 8.50. The Morgan fingerprint density at radius 1 is 0.821 bits per heavy atom. The van der Waals surface area contributed by atoms with E-state index in [0.29, 0.717) is 18.2 Å². The van der Waals surface area contributed by atoms with Gasteiger partial charge in [-0.3, -0.25) is 9.78 Å². The van der Waals surface area contributed by atoms with E-state index in [1.165, 1.54) is 19.3 Å². The van der Waals surface area contributed by atoms with Gasteiger partial charge in [-0.2, -0.15) is 39.5 Å². The molecule has 2 heterocycles. The second kappa shape index (κ2) is 11.3. The van der Waals surface area contributed by atoms with Gasteiger partial charge in [0.2, 0.25) is 0 Å². The highest BCUT2D eigenvalue weighted by molar-refractivity contribution is 5.95. The van der Waals surface area contributed by atoms with Crippen LogP contribution in [0.5, 0.6) is 11.5 Å². The summed E-state index contributed by atoms with van der Waals surface area (Å²) in [6.07, 6.45) is -10.1. The molecule has 3 rings (SSSR count). The number of benzene rings is 1. The maximum absolute atomic E-state index is 13.3. The van der Waals surface area contributed by atoms with Gasteiger partial charge in [0.25, 0.3) is 5.91 Å². The first-order chi connectivity index (χ1) is 18.0. The number of amides is 1. The van der Waals surface area contributed by atoms with Gasteiger partial charge in [-0.05, 0) is 25.1 Å². The molecule has 210 valence electrons. The lowest BCUT2D eigenvalue weighted by Crippen LogP contribution is -2.28. The Hall–Kier alpha value is -4.18. The van der Waals surface area contributed by atoms with Gasteiger partial charge in [-0.15, -0.1) is 0 Å². The van der Waals surface area contributed by atoms with E-state index in [2.05, 4.69) is 34.7 Å². The Bertz CT molecular complexity index is 1300. The van der Waals surface area contributed by atoms with Crippen LogP contribution in [0.4, 0.5) is 39.5 Å². The molecular formula is C22H16F9N5O3. The molecule has 0 saturated carbocycles. The van der Waals surface area contributed by atoms with Crippen molar-refractivity contribution < 1.29 is 53.8 Å². The van der Waals surface area contributed by atoms with E-state index in [0.717, 1.165) is 12.4 Å². The largest absolute Gasteiger partial charge is 0.484 e. The van der Waals surface area contributed by atoms with Crippen LogP contribution in [-0.4, -0.2) is 51.4 Å². The molecular weight excluding hydrogens is 553 g/mol. The minimum absolute atomic E-state index is 0.0223. The second-order valence-electron chi connectivity index (χ2n) is 7.78. The fraction of sp³-hybridized carbons (Fsp3) is 0.318. The van der Waals surface area contributed by atoms with E-state index >= 15 is 0 Å². The summed E-state index contributed by atoms with van der Waals surface area (Å²) in [6, 6.07) is 0.415. The molecule has 0 aliphatic carbocycles. The molecule has 0 spiro atoms. The zero-order valence-electron chi connectivity index (χ0n) is 19.4. The molecule has 1 amide bonds. The van der Waals surface area contributed by atoms with Crippen molar-refractivity contribution in [3.8, 4) is 23.0 Å². The molecule has 0 aliphatic heterocycles. The molecule has 0 saturated heterocycles. The van der Waals surface area contributed by atoms with Crippen molar-refractivity contribution in [3.63, 3.8) is 0 Å². The molecule has 0 fully saturated rings. The van der Waals surface area contributed by atoms with Gasteiger partial charge in [0, 0.05) is 18.0 Å². The number of alkyl halides is 9. The van der Waals surface area contributed by atoms with Crippen molar-refractivity contribution in [2.24, 2.45) is 0 Å². The standard InChI is InChI=1S/C22H16F9N5O3/c1-11(16-17(33-3-2-32-16)18-34-7-15(8-35-18)39-10-21(26,27)28)36-19(37)12-4-13(22(29,30)31)6-14(5-12)38-9-20(23,24)25/h2-8,11H,9-10H2,1H3,(H,36,37). The Morgan fingerprint density at radius 2 is 1.38 bits per heavy atom. The Balaban J connectivity index is 1.83. The third-order valence-electron chi connectivity index (χ3n) is 4.63. The molecule has 2 aromatic heterocycles. The van der Waals surface area contributed by atoms with Crippen LogP contribution in [0.2, 0.25) is 0 Å². The van der Waals surface area contributed by atoms with E-state index < -0.39 is 60.6 Å². The van der Waals surface area contributed by atoms with Crippen LogP contribution in [0, 0.1) is 0 Å². The minimum Gasteiger partial charge on any atom is -0.484 e. The van der Waals surface area contributed by atoms with Gasteiger partial charge < -0.3 is 14.8 Å². The lowest BCUT2D eigenvalue weighted by molar-refractivity contribution is -0.154. The number of rotatable bonds is 8. The summed E-state index contributed by atoms with van der Waals surface area (Å²) >= 11 is 0. The van der Waals surface area contributed by atoms with Crippen LogP contribution in [-0.2, 0) is 6.18 Å². The number of nitrogens with zero attached hydrogens (tertiary/aromatic N) is 4. The molecule has 1 unspecified atom stereocenters. The van der Waals surface area contributed by atoms with Gasteiger partial charge in [0.1, 0.15) is 11.4 Å². The summed E-state index contributed by atoms with van der Waals surface area (Å²) < 4.78 is 123. The molecule has 39 heavy (non-hydrogen) atoms. The van der Waals surface area contributed by atoms with Gasteiger partial charge in [0.05, 0.1) is 29.7 Å². The first-order valence-electron chi connectivity index (χ1n) is 10.6. The van der Waals surface area contributed by atoms with Crippen LogP contribution in [0.1, 0.15) is 34.6 Å². The van der Waals surface area contributed by atoms with Crippen LogP contribution in [0.15, 0.2) is 43.0 Å². The number of hydrogen-bond acceptors (Lipinski definition) is 7. The van der Waals surface area contributed by atoms with E-state index in [1.54, 1.807) is 0 Å². The third-order valence-corrected chi connectivity index (χ3v) is 4.63. The number of carbonyl (C=O) groups excluding carboxylic acids is 1. The minimum atomic E-state index is -5.00. The Labute approximate surface area is 213 Å². The second-order valence-corrected chi connectivity index (χ2v) is 7.78. The quantitative estimate of drug-likeness (QED) is 0.367. The van der Waals surface area contributed by atoms with Crippen LogP contribution in [0.3, 0.4) is 0 Å². The highest BCUT2D eigenvalue weighted by atomic mass is 19.4. The molecule has 0 bridgehead atoms. The van der Waals surface area contributed by atoms with Crippen molar-refractivity contribution in [1.82, 2.24) is 25.3 Å². The fourth-order valence-electron chi connectivity index (χ4n) is 3.01. The van der Waals surface area contributed by atoms with Crippen molar-refractivity contribution >= 4 is 5.91 Å². The van der Waals surface area contributed by atoms with Gasteiger partial charge in [0.15, 0.2) is 24.8 Å². The smallest absolute Gasteiger partial charge is 0.422 e.